The maximum absolute atomic E-state index is 12.6. The number of aryl methyl sites for hydroxylation is 3. The summed E-state index contributed by atoms with van der Waals surface area (Å²) in [6.45, 7) is 12.2. The second-order valence-electron chi connectivity index (χ2n) is 6.92. The van der Waals surface area contributed by atoms with Crippen LogP contribution in [0.25, 0.3) is 10.2 Å². The minimum atomic E-state index is 0.0147. The van der Waals surface area contributed by atoms with Crippen molar-refractivity contribution in [2.24, 2.45) is 5.92 Å². The molecule has 24 heavy (non-hydrogen) atoms. The molecule has 0 aliphatic carbocycles. The first-order chi connectivity index (χ1) is 11.5. The number of hydrogen-bond donors (Lipinski definition) is 1. The lowest BCUT2D eigenvalue weighted by atomic mass is 10.1. The highest BCUT2D eigenvalue weighted by Crippen LogP contribution is 2.31. The molecule has 0 bridgehead atoms. The Kier molecular flexibility index (Phi) is 5.15. The van der Waals surface area contributed by atoms with Crippen LogP contribution in [0.1, 0.15) is 46.5 Å². The van der Waals surface area contributed by atoms with Crippen molar-refractivity contribution < 1.29 is 4.79 Å². The third-order valence-electron chi connectivity index (χ3n) is 4.67. The number of fused-ring (bicyclic) bond motifs is 1. The van der Waals surface area contributed by atoms with Gasteiger partial charge in [0.15, 0.2) is 0 Å². The van der Waals surface area contributed by atoms with Gasteiger partial charge in [0.05, 0.1) is 4.88 Å². The molecule has 5 nitrogen and oxygen atoms in total. The average molecular weight is 347 g/mol. The topological polar surface area (TPSA) is 58.1 Å². The molecule has 1 atom stereocenters. The Morgan fingerprint density at radius 1 is 1.25 bits per heavy atom. The van der Waals surface area contributed by atoms with Crippen LogP contribution in [-0.4, -0.2) is 47.0 Å². The van der Waals surface area contributed by atoms with Crippen LogP contribution in [0.5, 0.6) is 0 Å². The molecule has 1 aliphatic heterocycles. The van der Waals surface area contributed by atoms with Crippen LogP contribution < -0.4 is 5.32 Å². The van der Waals surface area contributed by atoms with Gasteiger partial charge in [-0.05, 0) is 58.2 Å². The number of nitrogens with zero attached hydrogens (tertiary/aromatic N) is 3. The molecule has 0 saturated carbocycles. The van der Waals surface area contributed by atoms with Crippen molar-refractivity contribution in [1.29, 1.82) is 0 Å². The van der Waals surface area contributed by atoms with Gasteiger partial charge in [-0.15, -0.1) is 11.3 Å². The van der Waals surface area contributed by atoms with Crippen LogP contribution in [0.2, 0.25) is 0 Å². The van der Waals surface area contributed by atoms with Crippen LogP contribution in [0.3, 0.4) is 0 Å². The van der Waals surface area contributed by atoms with E-state index >= 15 is 0 Å². The third-order valence-corrected chi connectivity index (χ3v) is 5.85. The number of carbonyl (C=O) groups is 1. The SMILES string of the molecule is Cc1nc(C)c2c(C)c(C(=O)NCC(C)CN3CCCC3)sc2n1. The van der Waals surface area contributed by atoms with E-state index in [1.54, 1.807) is 0 Å². The predicted octanol–water partition coefficient (Wildman–Crippen LogP) is 3.08. The molecule has 1 fully saturated rings. The lowest BCUT2D eigenvalue weighted by Crippen LogP contribution is -2.34. The summed E-state index contributed by atoms with van der Waals surface area (Å²) in [6.07, 6.45) is 2.61. The van der Waals surface area contributed by atoms with Crippen molar-refractivity contribution in [2.75, 3.05) is 26.2 Å². The third kappa shape index (κ3) is 3.59. The first kappa shape index (κ1) is 17.3. The summed E-state index contributed by atoms with van der Waals surface area (Å²) in [5, 5.41) is 4.13. The number of likely N-dealkylation sites (tertiary alicyclic amines) is 1. The fourth-order valence-electron chi connectivity index (χ4n) is 3.51. The smallest absolute Gasteiger partial charge is 0.261 e. The zero-order chi connectivity index (χ0) is 17.3. The summed E-state index contributed by atoms with van der Waals surface area (Å²) in [5.74, 6) is 1.23. The van der Waals surface area contributed by atoms with Crippen molar-refractivity contribution in [2.45, 2.75) is 40.5 Å². The first-order valence-corrected chi connectivity index (χ1v) is 9.52. The molecule has 130 valence electrons. The summed E-state index contributed by atoms with van der Waals surface area (Å²) in [5.41, 5.74) is 1.95. The Morgan fingerprint density at radius 2 is 1.96 bits per heavy atom. The number of rotatable bonds is 5. The predicted molar refractivity (Wildman–Crippen MR) is 98.8 cm³/mol. The van der Waals surface area contributed by atoms with Gasteiger partial charge in [-0.1, -0.05) is 6.92 Å². The molecule has 1 saturated heterocycles. The number of amides is 1. The lowest BCUT2D eigenvalue weighted by molar-refractivity contribution is 0.0948. The molecule has 2 aromatic rings. The normalized spacial score (nSPS) is 16.7. The summed E-state index contributed by atoms with van der Waals surface area (Å²) in [7, 11) is 0. The standard InChI is InChI=1S/C18H26N4OS/c1-11(10-22-7-5-6-8-22)9-19-17(23)16-12(2)15-13(3)20-14(4)21-18(15)24-16/h11H,5-10H2,1-4H3,(H,19,23). The molecule has 1 N–H and O–H groups in total. The van der Waals surface area contributed by atoms with Crippen LogP contribution in [0.15, 0.2) is 0 Å². The summed E-state index contributed by atoms with van der Waals surface area (Å²) in [4.78, 5) is 25.7. The van der Waals surface area contributed by atoms with E-state index in [2.05, 4.69) is 27.1 Å². The second kappa shape index (κ2) is 7.15. The Bertz CT molecular complexity index is 749. The van der Waals surface area contributed by atoms with E-state index < -0.39 is 0 Å². The molecule has 0 aromatic carbocycles. The number of thiophene rings is 1. The Morgan fingerprint density at radius 3 is 2.67 bits per heavy atom. The van der Waals surface area contributed by atoms with E-state index in [-0.39, 0.29) is 5.91 Å². The highest BCUT2D eigenvalue weighted by molar-refractivity contribution is 7.20. The van der Waals surface area contributed by atoms with Crippen molar-refractivity contribution in [3.63, 3.8) is 0 Å². The van der Waals surface area contributed by atoms with E-state index in [0.717, 1.165) is 38.7 Å². The number of hydrogen-bond acceptors (Lipinski definition) is 5. The van der Waals surface area contributed by atoms with Gasteiger partial charge in [0, 0.05) is 24.2 Å². The Labute approximate surface area is 147 Å². The quantitative estimate of drug-likeness (QED) is 0.904. The molecular weight excluding hydrogens is 320 g/mol. The van der Waals surface area contributed by atoms with Gasteiger partial charge in [-0.2, -0.15) is 0 Å². The fraction of sp³-hybridized carbons (Fsp3) is 0.611. The van der Waals surface area contributed by atoms with Crippen LogP contribution >= 0.6 is 11.3 Å². The van der Waals surface area contributed by atoms with E-state index in [0.29, 0.717) is 12.5 Å². The molecule has 3 heterocycles. The molecular formula is C18H26N4OS. The van der Waals surface area contributed by atoms with Crippen LogP contribution in [0.4, 0.5) is 0 Å². The first-order valence-electron chi connectivity index (χ1n) is 8.70. The minimum Gasteiger partial charge on any atom is -0.351 e. The van der Waals surface area contributed by atoms with Gasteiger partial charge in [0.1, 0.15) is 10.7 Å². The van der Waals surface area contributed by atoms with E-state index in [1.807, 2.05) is 20.8 Å². The molecule has 1 amide bonds. The van der Waals surface area contributed by atoms with Crippen LogP contribution in [-0.2, 0) is 0 Å². The summed E-state index contributed by atoms with van der Waals surface area (Å²) < 4.78 is 0. The van der Waals surface area contributed by atoms with Crippen molar-refractivity contribution in [1.82, 2.24) is 20.2 Å². The molecule has 1 aliphatic rings. The Balaban J connectivity index is 1.67. The van der Waals surface area contributed by atoms with Gasteiger partial charge in [0.2, 0.25) is 0 Å². The maximum Gasteiger partial charge on any atom is 0.261 e. The average Bonchev–Trinajstić information content (AvgIpc) is 3.12. The Hall–Kier alpha value is -1.53. The van der Waals surface area contributed by atoms with Gasteiger partial charge in [0.25, 0.3) is 5.91 Å². The minimum absolute atomic E-state index is 0.0147. The number of aromatic nitrogens is 2. The van der Waals surface area contributed by atoms with Crippen LogP contribution in [0, 0.1) is 26.7 Å². The second-order valence-corrected chi connectivity index (χ2v) is 7.91. The lowest BCUT2D eigenvalue weighted by Gasteiger charge is -2.20. The number of nitrogens with one attached hydrogen (secondary N) is 1. The monoisotopic (exact) mass is 346 g/mol. The van der Waals surface area contributed by atoms with Crippen molar-refractivity contribution in [3.8, 4) is 0 Å². The fourth-order valence-corrected chi connectivity index (χ4v) is 4.70. The van der Waals surface area contributed by atoms with Crippen molar-refractivity contribution in [3.05, 3.63) is 22.0 Å². The van der Waals surface area contributed by atoms with Gasteiger partial charge < -0.3 is 10.2 Å². The van der Waals surface area contributed by atoms with Crippen molar-refractivity contribution >= 4 is 27.5 Å². The molecule has 2 aromatic heterocycles. The largest absolute Gasteiger partial charge is 0.351 e. The summed E-state index contributed by atoms with van der Waals surface area (Å²) >= 11 is 1.47. The zero-order valence-corrected chi connectivity index (χ0v) is 15.8. The van der Waals surface area contributed by atoms with E-state index in [1.165, 1.54) is 37.3 Å². The van der Waals surface area contributed by atoms with E-state index in [4.69, 9.17) is 0 Å². The highest BCUT2D eigenvalue weighted by Gasteiger charge is 2.20. The van der Waals surface area contributed by atoms with Gasteiger partial charge in [-0.3, -0.25) is 4.79 Å². The molecule has 0 radical (unpaired) electrons. The molecule has 0 spiro atoms. The van der Waals surface area contributed by atoms with Gasteiger partial charge >= 0.3 is 0 Å². The van der Waals surface area contributed by atoms with E-state index in [9.17, 15) is 4.79 Å². The maximum atomic E-state index is 12.6. The summed E-state index contributed by atoms with van der Waals surface area (Å²) in [6, 6.07) is 0. The molecule has 3 rings (SSSR count). The number of carbonyl (C=O) groups excluding carboxylic acids is 1. The van der Waals surface area contributed by atoms with Gasteiger partial charge in [-0.25, -0.2) is 9.97 Å². The zero-order valence-electron chi connectivity index (χ0n) is 15.0. The molecule has 6 heteroatoms. The highest BCUT2D eigenvalue weighted by atomic mass is 32.1. The molecule has 1 unspecified atom stereocenters.